The number of nitrogens with one attached hydrogen (secondary N) is 1. The molecule has 30 heavy (non-hydrogen) atoms. The summed E-state index contributed by atoms with van der Waals surface area (Å²) in [4.78, 5) is 11.6. The molecule has 0 atom stereocenters. The minimum Gasteiger partial charge on any atom is -0.491 e. The predicted octanol–water partition coefficient (Wildman–Crippen LogP) is 6.13. The van der Waals surface area contributed by atoms with Crippen LogP contribution in [-0.2, 0) is 0 Å². The molecule has 2 aromatic heterocycles. The third-order valence-electron chi connectivity index (χ3n) is 5.17. The average molecular weight is 420 g/mol. The van der Waals surface area contributed by atoms with Crippen molar-refractivity contribution in [1.29, 1.82) is 0 Å². The van der Waals surface area contributed by atoms with E-state index in [4.69, 9.17) is 4.74 Å². The van der Waals surface area contributed by atoms with Gasteiger partial charge in [-0.15, -0.1) is 11.8 Å². The molecule has 0 aliphatic carbocycles. The lowest BCUT2D eigenvalue weighted by molar-refractivity contribution is 0.284. The Morgan fingerprint density at radius 3 is 2.80 bits per heavy atom. The molecular formula is C25H29N3OS. The van der Waals surface area contributed by atoms with Crippen molar-refractivity contribution in [3.8, 4) is 16.9 Å². The van der Waals surface area contributed by atoms with Crippen LogP contribution in [0, 0.1) is 6.92 Å². The number of ether oxygens (including phenoxy) is 1. The second-order valence-electron chi connectivity index (χ2n) is 7.86. The number of aryl methyl sites for hydroxylation is 1. The van der Waals surface area contributed by atoms with Crippen LogP contribution in [0.2, 0.25) is 0 Å². The molecule has 0 saturated heterocycles. The lowest BCUT2D eigenvalue weighted by atomic mass is 9.99. The Morgan fingerprint density at radius 1 is 1.13 bits per heavy atom. The highest BCUT2D eigenvalue weighted by atomic mass is 32.2. The Labute approximate surface area is 182 Å². The summed E-state index contributed by atoms with van der Waals surface area (Å²) in [6.45, 7) is 5.98. The van der Waals surface area contributed by atoms with E-state index >= 15 is 0 Å². The number of hydrogen-bond acceptors (Lipinski definition) is 4. The van der Waals surface area contributed by atoms with Crippen LogP contribution < -0.4 is 4.74 Å². The Balaban J connectivity index is 1.83. The number of thioether (sulfide) groups is 1. The number of H-pyrrole nitrogens is 1. The van der Waals surface area contributed by atoms with Crippen molar-refractivity contribution >= 4 is 33.7 Å². The van der Waals surface area contributed by atoms with Crippen molar-refractivity contribution < 1.29 is 4.74 Å². The number of rotatable bonds is 8. The van der Waals surface area contributed by atoms with Crippen molar-refractivity contribution in [2.24, 2.45) is 0 Å². The quantitative estimate of drug-likeness (QED) is 0.275. The Kier molecular flexibility index (Phi) is 6.30. The molecule has 0 bridgehead atoms. The summed E-state index contributed by atoms with van der Waals surface area (Å²) < 4.78 is 6.19. The van der Waals surface area contributed by atoms with E-state index in [1.54, 1.807) is 0 Å². The molecule has 0 fully saturated rings. The summed E-state index contributed by atoms with van der Waals surface area (Å²) in [6, 6.07) is 15.3. The highest BCUT2D eigenvalue weighted by Gasteiger charge is 2.16. The van der Waals surface area contributed by atoms with Crippen LogP contribution in [0.15, 0.2) is 53.6 Å². The molecule has 4 rings (SSSR count). The fraction of sp³-hybridized carbons (Fsp3) is 0.320. The van der Waals surface area contributed by atoms with Crippen LogP contribution in [0.4, 0.5) is 0 Å². The molecule has 5 heteroatoms. The summed E-state index contributed by atoms with van der Waals surface area (Å²) in [7, 11) is 4.17. The average Bonchev–Trinajstić information content (AvgIpc) is 3.10. The van der Waals surface area contributed by atoms with E-state index in [1.807, 2.05) is 18.0 Å². The Hall–Kier alpha value is -2.50. The van der Waals surface area contributed by atoms with Crippen LogP contribution in [0.3, 0.4) is 0 Å². The normalized spacial score (nSPS) is 11.6. The van der Waals surface area contributed by atoms with Gasteiger partial charge in [-0.2, -0.15) is 0 Å². The van der Waals surface area contributed by atoms with Crippen LogP contribution in [0.5, 0.6) is 5.75 Å². The number of benzene rings is 2. The molecule has 0 amide bonds. The van der Waals surface area contributed by atoms with Crippen molar-refractivity contribution in [2.45, 2.75) is 25.2 Å². The minimum absolute atomic E-state index is 0.692. The molecule has 0 spiro atoms. The van der Waals surface area contributed by atoms with Gasteiger partial charge in [0.1, 0.15) is 11.4 Å². The second kappa shape index (κ2) is 9.11. The zero-order chi connectivity index (χ0) is 21.1. The van der Waals surface area contributed by atoms with Gasteiger partial charge < -0.3 is 14.6 Å². The van der Waals surface area contributed by atoms with Gasteiger partial charge in [0, 0.05) is 28.4 Å². The summed E-state index contributed by atoms with van der Waals surface area (Å²) >= 11 is 1.87. The molecule has 2 heterocycles. The van der Waals surface area contributed by atoms with Crippen LogP contribution >= 0.6 is 11.8 Å². The van der Waals surface area contributed by atoms with E-state index in [-0.39, 0.29) is 0 Å². The first-order valence-electron chi connectivity index (χ1n) is 10.5. The molecule has 4 aromatic rings. The molecule has 4 nitrogen and oxygen atoms in total. The third-order valence-corrected chi connectivity index (χ3v) is 6.04. The smallest absolute Gasteiger partial charge is 0.143 e. The van der Waals surface area contributed by atoms with E-state index in [0.29, 0.717) is 6.61 Å². The lowest BCUT2D eigenvalue weighted by Gasteiger charge is -2.13. The molecular weight excluding hydrogens is 390 g/mol. The Bertz CT molecular complexity index is 1170. The fourth-order valence-corrected chi connectivity index (χ4v) is 4.53. The number of nitrogens with zero attached hydrogens (tertiary/aromatic N) is 2. The molecule has 156 valence electrons. The number of fused-ring (bicyclic) bond motifs is 3. The van der Waals surface area contributed by atoms with Gasteiger partial charge in [-0.05, 0) is 80.2 Å². The topological polar surface area (TPSA) is 41.1 Å². The highest BCUT2D eigenvalue weighted by molar-refractivity contribution is 7.99. The minimum atomic E-state index is 0.692. The summed E-state index contributed by atoms with van der Waals surface area (Å²) in [5, 5.41) is 2.33. The van der Waals surface area contributed by atoms with Gasteiger partial charge in [0.15, 0.2) is 0 Å². The zero-order valence-electron chi connectivity index (χ0n) is 18.2. The fourth-order valence-electron chi connectivity index (χ4n) is 3.81. The number of aromatic amines is 1. The van der Waals surface area contributed by atoms with Crippen molar-refractivity contribution in [3.63, 3.8) is 0 Å². The molecule has 0 unspecified atom stereocenters. The summed E-state index contributed by atoms with van der Waals surface area (Å²) in [5.74, 6) is 1.96. The number of aromatic nitrogens is 2. The van der Waals surface area contributed by atoms with Gasteiger partial charge in [0.2, 0.25) is 0 Å². The standard InChI is InChI=1S/C25H29N3OS/c1-5-30-19-9-6-8-18(15-19)20-10-11-22(29-13-7-12-28(3)4)24-23(20)21-14-17(2)16-26-25(21)27-24/h6,8-11,14-16H,5,7,12-13H2,1-4H3,(H,26,27). The van der Waals surface area contributed by atoms with Crippen molar-refractivity contribution in [3.05, 3.63) is 54.2 Å². The predicted molar refractivity (Wildman–Crippen MR) is 129 cm³/mol. The van der Waals surface area contributed by atoms with Crippen molar-refractivity contribution in [2.75, 3.05) is 33.0 Å². The maximum atomic E-state index is 6.19. The molecule has 0 radical (unpaired) electrons. The van der Waals surface area contributed by atoms with Gasteiger partial charge in [0.05, 0.1) is 12.1 Å². The Morgan fingerprint density at radius 2 is 2.00 bits per heavy atom. The van der Waals surface area contributed by atoms with Gasteiger partial charge in [-0.1, -0.05) is 19.1 Å². The molecule has 2 aromatic carbocycles. The third kappa shape index (κ3) is 4.32. The van der Waals surface area contributed by atoms with Crippen LogP contribution in [0.25, 0.3) is 33.1 Å². The zero-order valence-corrected chi connectivity index (χ0v) is 19.0. The van der Waals surface area contributed by atoms with Gasteiger partial charge >= 0.3 is 0 Å². The SMILES string of the molecule is CCSc1cccc(-c2ccc(OCCCN(C)C)c3[nH]c4ncc(C)cc4c23)c1. The van der Waals surface area contributed by atoms with Crippen molar-refractivity contribution in [1.82, 2.24) is 14.9 Å². The number of hydrogen-bond donors (Lipinski definition) is 1. The number of pyridine rings is 1. The second-order valence-corrected chi connectivity index (χ2v) is 9.20. The van der Waals surface area contributed by atoms with E-state index in [9.17, 15) is 0 Å². The van der Waals surface area contributed by atoms with Gasteiger partial charge in [0.25, 0.3) is 0 Å². The first-order chi connectivity index (χ1) is 14.6. The summed E-state index contributed by atoms with van der Waals surface area (Å²) in [6.07, 6.45) is 2.90. The van der Waals surface area contributed by atoms with E-state index < -0.39 is 0 Å². The van der Waals surface area contributed by atoms with Gasteiger partial charge in [-0.25, -0.2) is 4.98 Å². The largest absolute Gasteiger partial charge is 0.491 e. The maximum Gasteiger partial charge on any atom is 0.143 e. The molecule has 1 N–H and O–H groups in total. The maximum absolute atomic E-state index is 6.19. The van der Waals surface area contributed by atoms with E-state index in [0.717, 1.165) is 46.6 Å². The lowest BCUT2D eigenvalue weighted by Crippen LogP contribution is -2.15. The molecule has 0 aliphatic heterocycles. The van der Waals surface area contributed by atoms with Crippen LogP contribution in [0.1, 0.15) is 18.9 Å². The van der Waals surface area contributed by atoms with Crippen LogP contribution in [-0.4, -0.2) is 47.9 Å². The van der Waals surface area contributed by atoms with Gasteiger partial charge in [-0.3, -0.25) is 0 Å². The monoisotopic (exact) mass is 419 g/mol. The summed E-state index contributed by atoms with van der Waals surface area (Å²) in [5.41, 5.74) is 5.52. The first-order valence-corrected chi connectivity index (χ1v) is 11.5. The highest BCUT2D eigenvalue weighted by Crippen LogP contribution is 2.39. The molecule has 0 aliphatic rings. The van der Waals surface area contributed by atoms with E-state index in [1.165, 1.54) is 21.4 Å². The van der Waals surface area contributed by atoms with E-state index in [2.05, 4.69) is 85.3 Å². The molecule has 0 saturated carbocycles. The first kappa shape index (κ1) is 20.8.